The van der Waals surface area contributed by atoms with Gasteiger partial charge in [0, 0.05) is 19.5 Å². The van der Waals surface area contributed by atoms with Crippen molar-refractivity contribution in [3.05, 3.63) is 29.8 Å². The summed E-state index contributed by atoms with van der Waals surface area (Å²) in [5.74, 6) is 0.600. The summed E-state index contributed by atoms with van der Waals surface area (Å²) in [5, 5.41) is 3.14. The Morgan fingerprint density at radius 2 is 2.06 bits per heavy atom. The van der Waals surface area contributed by atoms with E-state index in [2.05, 4.69) is 5.32 Å². The molecule has 1 amide bonds. The number of amides is 1. The number of ether oxygens (including phenoxy) is 1. The zero-order valence-electron chi connectivity index (χ0n) is 9.53. The molecule has 0 bridgehead atoms. The minimum atomic E-state index is -0.279. The van der Waals surface area contributed by atoms with Gasteiger partial charge < -0.3 is 15.8 Å². The predicted octanol–water partition coefficient (Wildman–Crippen LogP) is 1.05. The summed E-state index contributed by atoms with van der Waals surface area (Å²) in [7, 11) is 0. The maximum atomic E-state index is 10.5. The quantitative estimate of drug-likeness (QED) is 0.678. The summed E-state index contributed by atoms with van der Waals surface area (Å²) < 4.78 is 5.34. The molecule has 0 aromatic heterocycles. The lowest BCUT2D eigenvalue weighted by atomic mass is 10.2. The minimum Gasteiger partial charge on any atom is -0.494 e. The Balaban J connectivity index is 2.29. The second kappa shape index (κ2) is 6.85. The van der Waals surface area contributed by atoms with Crippen molar-refractivity contribution in [2.45, 2.75) is 19.9 Å². The highest BCUT2D eigenvalue weighted by atomic mass is 16.5. The number of nitrogens with one attached hydrogen (secondary N) is 1. The summed E-state index contributed by atoms with van der Waals surface area (Å²) >= 11 is 0. The van der Waals surface area contributed by atoms with E-state index in [1.54, 1.807) is 0 Å². The van der Waals surface area contributed by atoms with E-state index < -0.39 is 0 Å². The molecule has 0 aliphatic rings. The van der Waals surface area contributed by atoms with Crippen LogP contribution in [-0.4, -0.2) is 19.1 Å². The largest absolute Gasteiger partial charge is 0.494 e. The van der Waals surface area contributed by atoms with E-state index in [1.807, 2.05) is 31.2 Å². The van der Waals surface area contributed by atoms with Crippen LogP contribution in [0.25, 0.3) is 0 Å². The average molecular weight is 222 g/mol. The maximum absolute atomic E-state index is 10.5. The molecule has 88 valence electrons. The molecule has 1 aromatic carbocycles. The van der Waals surface area contributed by atoms with Crippen molar-refractivity contribution >= 4 is 5.91 Å². The monoisotopic (exact) mass is 222 g/mol. The topological polar surface area (TPSA) is 64.3 Å². The molecule has 0 fully saturated rings. The molecule has 0 unspecified atom stereocenters. The van der Waals surface area contributed by atoms with Gasteiger partial charge in [-0.15, -0.1) is 0 Å². The molecule has 0 saturated heterocycles. The Hall–Kier alpha value is -1.55. The van der Waals surface area contributed by atoms with Crippen LogP contribution in [0.4, 0.5) is 0 Å². The number of carbonyl (C=O) groups excluding carboxylic acids is 1. The van der Waals surface area contributed by atoms with Gasteiger partial charge in [0.25, 0.3) is 0 Å². The lowest BCUT2D eigenvalue weighted by Crippen LogP contribution is -2.21. The van der Waals surface area contributed by atoms with Gasteiger partial charge in [-0.1, -0.05) is 12.1 Å². The van der Waals surface area contributed by atoms with Crippen molar-refractivity contribution in [2.75, 3.05) is 13.2 Å². The summed E-state index contributed by atoms with van der Waals surface area (Å²) in [4.78, 5) is 10.5. The van der Waals surface area contributed by atoms with E-state index in [0.717, 1.165) is 17.9 Å². The SMILES string of the molecule is CCOc1ccc(CNCCC(N)=O)cc1. The first-order chi connectivity index (χ1) is 7.72. The minimum absolute atomic E-state index is 0.279. The second-order valence-electron chi connectivity index (χ2n) is 3.47. The van der Waals surface area contributed by atoms with Crippen LogP contribution in [-0.2, 0) is 11.3 Å². The number of nitrogens with two attached hydrogens (primary N) is 1. The van der Waals surface area contributed by atoms with E-state index in [9.17, 15) is 4.79 Å². The highest BCUT2D eigenvalue weighted by molar-refractivity contribution is 5.73. The van der Waals surface area contributed by atoms with Gasteiger partial charge >= 0.3 is 0 Å². The van der Waals surface area contributed by atoms with Gasteiger partial charge in [0.1, 0.15) is 5.75 Å². The molecule has 4 nitrogen and oxygen atoms in total. The summed E-state index contributed by atoms with van der Waals surface area (Å²) in [6.07, 6.45) is 0.372. The van der Waals surface area contributed by atoms with Crippen LogP contribution in [0, 0.1) is 0 Å². The van der Waals surface area contributed by atoms with E-state index in [0.29, 0.717) is 19.6 Å². The van der Waals surface area contributed by atoms with Gasteiger partial charge in [-0.2, -0.15) is 0 Å². The fourth-order valence-electron chi connectivity index (χ4n) is 1.31. The van der Waals surface area contributed by atoms with E-state index >= 15 is 0 Å². The smallest absolute Gasteiger partial charge is 0.218 e. The van der Waals surface area contributed by atoms with Crippen LogP contribution in [0.2, 0.25) is 0 Å². The van der Waals surface area contributed by atoms with Crippen LogP contribution in [0.3, 0.4) is 0 Å². The molecule has 0 radical (unpaired) electrons. The van der Waals surface area contributed by atoms with E-state index in [-0.39, 0.29) is 5.91 Å². The van der Waals surface area contributed by atoms with Crippen LogP contribution in [0.5, 0.6) is 5.75 Å². The van der Waals surface area contributed by atoms with Gasteiger partial charge in [0.05, 0.1) is 6.61 Å². The third-order valence-corrected chi connectivity index (χ3v) is 2.11. The van der Waals surface area contributed by atoms with E-state index in [4.69, 9.17) is 10.5 Å². The van der Waals surface area contributed by atoms with Crippen molar-refractivity contribution in [1.82, 2.24) is 5.32 Å². The Kier molecular flexibility index (Phi) is 5.36. The second-order valence-corrected chi connectivity index (χ2v) is 3.47. The molecule has 0 spiro atoms. The van der Waals surface area contributed by atoms with Crippen LogP contribution >= 0.6 is 0 Å². The van der Waals surface area contributed by atoms with Gasteiger partial charge in [-0.05, 0) is 24.6 Å². The van der Waals surface area contributed by atoms with Gasteiger partial charge in [-0.3, -0.25) is 4.79 Å². The summed E-state index contributed by atoms with van der Waals surface area (Å²) in [5.41, 5.74) is 6.19. The van der Waals surface area contributed by atoms with Crippen LogP contribution in [0.1, 0.15) is 18.9 Å². The van der Waals surface area contributed by atoms with Gasteiger partial charge in [0.15, 0.2) is 0 Å². The average Bonchev–Trinajstić information content (AvgIpc) is 2.27. The van der Waals surface area contributed by atoms with E-state index in [1.165, 1.54) is 0 Å². The predicted molar refractivity (Wildman–Crippen MR) is 63.1 cm³/mol. The molecule has 0 aliphatic heterocycles. The fourth-order valence-corrected chi connectivity index (χ4v) is 1.31. The maximum Gasteiger partial charge on any atom is 0.218 e. The van der Waals surface area contributed by atoms with Gasteiger partial charge in [0.2, 0.25) is 5.91 Å². The van der Waals surface area contributed by atoms with Crippen molar-refractivity contribution in [2.24, 2.45) is 5.73 Å². The molecule has 16 heavy (non-hydrogen) atoms. The first kappa shape index (κ1) is 12.5. The number of rotatable bonds is 7. The molecular formula is C12H18N2O2. The van der Waals surface area contributed by atoms with Crippen molar-refractivity contribution in [1.29, 1.82) is 0 Å². The molecule has 0 saturated carbocycles. The number of carbonyl (C=O) groups is 1. The molecule has 0 aliphatic carbocycles. The number of primary amides is 1. The number of hydrogen-bond acceptors (Lipinski definition) is 3. The van der Waals surface area contributed by atoms with Crippen LogP contribution < -0.4 is 15.8 Å². The third kappa shape index (κ3) is 4.79. The van der Waals surface area contributed by atoms with Crippen molar-refractivity contribution in [3.63, 3.8) is 0 Å². The Morgan fingerprint density at radius 1 is 1.38 bits per heavy atom. The first-order valence-electron chi connectivity index (χ1n) is 5.43. The zero-order chi connectivity index (χ0) is 11.8. The first-order valence-corrected chi connectivity index (χ1v) is 5.43. The van der Waals surface area contributed by atoms with Crippen LogP contribution in [0.15, 0.2) is 24.3 Å². The normalized spacial score (nSPS) is 10.1. The Labute approximate surface area is 95.8 Å². The third-order valence-electron chi connectivity index (χ3n) is 2.11. The van der Waals surface area contributed by atoms with Crippen molar-refractivity contribution in [3.8, 4) is 5.75 Å². The number of benzene rings is 1. The standard InChI is InChI=1S/C12H18N2O2/c1-2-16-11-5-3-10(4-6-11)9-14-8-7-12(13)15/h3-6,14H,2,7-9H2,1H3,(H2,13,15). The lowest BCUT2D eigenvalue weighted by molar-refractivity contribution is -0.117. The zero-order valence-corrected chi connectivity index (χ0v) is 9.53. The molecular weight excluding hydrogens is 204 g/mol. The molecule has 0 heterocycles. The Bertz CT molecular complexity index is 322. The molecule has 4 heteroatoms. The summed E-state index contributed by atoms with van der Waals surface area (Å²) in [6.45, 7) is 3.98. The Morgan fingerprint density at radius 3 is 2.62 bits per heavy atom. The fraction of sp³-hybridized carbons (Fsp3) is 0.417. The van der Waals surface area contributed by atoms with Crippen molar-refractivity contribution < 1.29 is 9.53 Å². The number of hydrogen-bond donors (Lipinski definition) is 2. The molecule has 0 atom stereocenters. The highest BCUT2D eigenvalue weighted by Crippen LogP contribution is 2.11. The lowest BCUT2D eigenvalue weighted by Gasteiger charge is -2.06. The molecule has 3 N–H and O–H groups in total. The molecule has 1 rings (SSSR count). The molecule has 1 aromatic rings. The van der Waals surface area contributed by atoms with Gasteiger partial charge in [-0.25, -0.2) is 0 Å². The summed E-state index contributed by atoms with van der Waals surface area (Å²) in [6, 6.07) is 7.88. The highest BCUT2D eigenvalue weighted by Gasteiger charge is 1.96.